The van der Waals surface area contributed by atoms with E-state index in [1.54, 1.807) is 4.90 Å². The molecule has 1 atom stereocenters. The summed E-state index contributed by atoms with van der Waals surface area (Å²) in [6, 6.07) is 5.86. The smallest absolute Gasteiger partial charge is 0.255 e. The molecule has 0 aliphatic carbocycles. The molecule has 27 heavy (non-hydrogen) atoms. The van der Waals surface area contributed by atoms with Gasteiger partial charge in [-0.25, -0.2) is 0 Å². The number of carbonyl (C=O) groups excluding carboxylic acids is 3. The van der Waals surface area contributed by atoms with Gasteiger partial charge in [0.2, 0.25) is 11.8 Å². The first-order valence-electron chi connectivity index (χ1n) is 9.55. The van der Waals surface area contributed by atoms with Gasteiger partial charge in [0.15, 0.2) is 0 Å². The number of nitrogens with one attached hydrogen (secondary N) is 2. The third-order valence-electron chi connectivity index (χ3n) is 5.36. The summed E-state index contributed by atoms with van der Waals surface area (Å²) < 4.78 is 0. The van der Waals surface area contributed by atoms with Gasteiger partial charge in [-0.3, -0.25) is 24.6 Å². The molecule has 0 aromatic heterocycles. The fourth-order valence-corrected chi connectivity index (χ4v) is 3.71. The zero-order chi connectivity index (χ0) is 19.6. The number of hydrogen-bond donors (Lipinski definition) is 2. The fourth-order valence-electron chi connectivity index (χ4n) is 3.71. The summed E-state index contributed by atoms with van der Waals surface area (Å²) >= 11 is 0. The Morgan fingerprint density at radius 1 is 1.30 bits per heavy atom. The third kappa shape index (κ3) is 4.20. The van der Waals surface area contributed by atoms with E-state index in [1.165, 1.54) is 0 Å². The van der Waals surface area contributed by atoms with Crippen LogP contribution in [-0.4, -0.2) is 59.7 Å². The van der Waals surface area contributed by atoms with Crippen molar-refractivity contribution in [2.24, 2.45) is 0 Å². The molecule has 2 N–H and O–H groups in total. The van der Waals surface area contributed by atoms with Gasteiger partial charge in [0, 0.05) is 44.2 Å². The second-order valence-electron chi connectivity index (χ2n) is 7.56. The van der Waals surface area contributed by atoms with E-state index < -0.39 is 6.04 Å². The highest BCUT2D eigenvalue weighted by Crippen LogP contribution is 2.28. The minimum Gasteiger partial charge on any atom is -0.322 e. The number of fused-ring (bicyclic) bond motifs is 1. The van der Waals surface area contributed by atoms with Crippen LogP contribution in [0, 0.1) is 0 Å². The maximum atomic E-state index is 12.9. The molecule has 2 aliphatic rings. The molecule has 7 nitrogen and oxygen atoms in total. The molecule has 2 heterocycles. The Balaban J connectivity index is 1.74. The molecule has 146 valence electrons. The summed E-state index contributed by atoms with van der Waals surface area (Å²) in [5.74, 6) is -0.753. The predicted molar refractivity (Wildman–Crippen MR) is 102 cm³/mol. The standard InChI is InChI=1S/C20H28N4O3/c1-13(2)23(9-8-21-3)11-14-4-5-15-12-24(20(27)16(15)10-14)17-6-7-18(25)22-19(17)26/h4-5,10,13,17,21H,6-9,11-12H2,1-3H3,(H,22,25,26). The number of rotatable bonds is 7. The summed E-state index contributed by atoms with van der Waals surface area (Å²) in [6.45, 7) is 7.37. The topological polar surface area (TPSA) is 81.8 Å². The Labute approximate surface area is 160 Å². The summed E-state index contributed by atoms with van der Waals surface area (Å²) in [5.41, 5.74) is 2.71. The Kier molecular flexibility index (Phi) is 5.92. The van der Waals surface area contributed by atoms with Gasteiger partial charge in [0.1, 0.15) is 6.04 Å². The maximum Gasteiger partial charge on any atom is 0.255 e. The number of piperidine rings is 1. The molecule has 2 aliphatic heterocycles. The van der Waals surface area contributed by atoms with Crippen LogP contribution in [0.15, 0.2) is 18.2 Å². The molecule has 3 rings (SSSR count). The van der Waals surface area contributed by atoms with Crippen LogP contribution in [0.25, 0.3) is 0 Å². The fraction of sp³-hybridized carbons (Fsp3) is 0.550. The molecule has 7 heteroatoms. The monoisotopic (exact) mass is 372 g/mol. The van der Waals surface area contributed by atoms with Crippen molar-refractivity contribution in [1.82, 2.24) is 20.4 Å². The van der Waals surface area contributed by atoms with E-state index in [0.717, 1.165) is 30.8 Å². The van der Waals surface area contributed by atoms with E-state index in [2.05, 4.69) is 35.4 Å². The molecular weight excluding hydrogens is 344 g/mol. The van der Waals surface area contributed by atoms with Crippen LogP contribution in [0.2, 0.25) is 0 Å². The molecule has 0 bridgehead atoms. The van der Waals surface area contributed by atoms with Gasteiger partial charge in [-0.2, -0.15) is 0 Å². The summed E-state index contributed by atoms with van der Waals surface area (Å²) in [6.07, 6.45) is 0.666. The number of imide groups is 1. The van der Waals surface area contributed by atoms with Crippen molar-refractivity contribution in [1.29, 1.82) is 0 Å². The molecule has 0 spiro atoms. The van der Waals surface area contributed by atoms with E-state index in [9.17, 15) is 14.4 Å². The quantitative estimate of drug-likeness (QED) is 0.695. The SMILES string of the molecule is CNCCN(Cc1ccc2c(c1)C(=O)N(C1CCC(=O)NC1=O)C2)C(C)C. The molecule has 0 saturated carbocycles. The average Bonchev–Trinajstić information content (AvgIpc) is 2.94. The number of likely N-dealkylation sites (N-methyl/N-ethyl adjacent to an activating group) is 1. The first-order valence-corrected chi connectivity index (χ1v) is 9.55. The van der Waals surface area contributed by atoms with Crippen molar-refractivity contribution < 1.29 is 14.4 Å². The van der Waals surface area contributed by atoms with Crippen LogP contribution in [-0.2, 0) is 22.7 Å². The molecule has 0 radical (unpaired) electrons. The van der Waals surface area contributed by atoms with Gasteiger partial charge in [-0.15, -0.1) is 0 Å². The lowest BCUT2D eigenvalue weighted by Crippen LogP contribution is -2.52. The van der Waals surface area contributed by atoms with E-state index in [0.29, 0.717) is 24.6 Å². The van der Waals surface area contributed by atoms with Gasteiger partial charge in [-0.1, -0.05) is 12.1 Å². The molecule has 1 aromatic carbocycles. The zero-order valence-corrected chi connectivity index (χ0v) is 16.2. The van der Waals surface area contributed by atoms with Crippen LogP contribution in [0.5, 0.6) is 0 Å². The summed E-state index contributed by atoms with van der Waals surface area (Å²) in [7, 11) is 1.94. The number of benzene rings is 1. The van der Waals surface area contributed by atoms with Crippen molar-refractivity contribution >= 4 is 17.7 Å². The van der Waals surface area contributed by atoms with E-state index in [1.807, 2.05) is 19.2 Å². The van der Waals surface area contributed by atoms with Crippen LogP contribution in [0.4, 0.5) is 0 Å². The molecule has 1 saturated heterocycles. The highest BCUT2D eigenvalue weighted by Gasteiger charge is 2.39. The highest BCUT2D eigenvalue weighted by molar-refractivity contribution is 6.05. The summed E-state index contributed by atoms with van der Waals surface area (Å²) in [4.78, 5) is 40.4. The predicted octanol–water partition coefficient (Wildman–Crippen LogP) is 0.877. The maximum absolute atomic E-state index is 12.9. The molecule has 1 aromatic rings. The van der Waals surface area contributed by atoms with Gasteiger partial charge < -0.3 is 10.2 Å². The van der Waals surface area contributed by atoms with Gasteiger partial charge >= 0.3 is 0 Å². The lowest BCUT2D eigenvalue weighted by molar-refractivity contribution is -0.136. The second kappa shape index (κ2) is 8.19. The van der Waals surface area contributed by atoms with Crippen molar-refractivity contribution in [2.75, 3.05) is 20.1 Å². The Morgan fingerprint density at radius 3 is 2.74 bits per heavy atom. The Hall–Kier alpha value is -2.25. The van der Waals surface area contributed by atoms with E-state index in [4.69, 9.17) is 0 Å². The largest absolute Gasteiger partial charge is 0.322 e. The summed E-state index contributed by atoms with van der Waals surface area (Å²) in [5, 5.41) is 5.51. The van der Waals surface area contributed by atoms with Gasteiger partial charge in [0.25, 0.3) is 5.91 Å². The first kappa shape index (κ1) is 19.5. The second-order valence-corrected chi connectivity index (χ2v) is 7.56. The van der Waals surface area contributed by atoms with Gasteiger partial charge in [-0.05, 0) is 44.5 Å². The minimum atomic E-state index is -0.561. The normalized spacial score (nSPS) is 19.8. The van der Waals surface area contributed by atoms with Crippen molar-refractivity contribution in [3.63, 3.8) is 0 Å². The molecular formula is C20H28N4O3. The van der Waals surface area contributed by atoms with Crippen LogP contribution in [0.1, 0.15) is 48.2 Å². The van der Waals surface area contributed by atoms with Crippen LogP contribution >= 0.6 is 0 Å². The number of carbonyl (C=O) groups is 3. The highest BCUT2D eigenvalue weighted by atomic mass is 16.2. The lowest BCUT2D eigenvalue weighted by atomic mass is 10.0. The number of amides is 3. The van der Waals surface area contributed by atoms with Crippen molar-refractivity contribution in [3.05, 3.63) is 34.9 Å². The van der Waals surface area contributed by atoms with Gasteiger partial charge in [0.05, 0.1) is 0 Å². The number of hydrogen-bond acceptors (Lipinski definition) is 5. The zero-order valence-electron chi connectivity index (χ0n) is 16.2. The molecule has 3 amide bonds. The third-order valence-corrected chi connectivity index (χ3v) is 5.36. The Morgan fingerprint density at radius 2 is 2.07 bits per heavy atom. The van der Waals surface area contributed by atoms with Crippen LogP contribution < -0.4 is 10.6 Å². The van der Waals surface area contributed by atoms with Crippen LogP contribution in [0.3, 0.4) is 0 Å². The van der Waals surface area contributed by atoms with Crippen molar-refractivity contribution in [2.45, 2.75) is 51.9 Å². The Bertz CT molecular complexity index is 747. The lowest BCUT2D eigenvalue weighted by Gasteiger charge is -2.29. The average molecular weight is 372 g/mol. The minimum absolute atomic E-state index is 0.118. The molecule has 1 fully saturated rings. The molecule has 1 unspecified atom stereocenters. The van der Waals surface area contributed by atoms with E-state index >= 15 is 0 Å². The number of nitrogens with zero attached hydrogens (tertiary/aromatic N) is 2. The van der Waals surface area contributed by atoms with E-state index in [-0.39, 0.29) is 24.1 Å². The first-order chi connectivity index (χ1) is 12.9. The van der Waals surface area contributed by atoms with Crippen molar-refractivity contribution in [3.8, 4) is 0 Å².